The Balaban J connectivity index is 1.81. The van der Waals surface area contributed by atoms with Gasteiger partial charge in [-0.25, -0.2) is 0 Å². The number of likely N-dealkylation sites (N-methyl/N-ethyl adjacent to an activating group) is 1. The Kier molecular flexibility index (Phi) is 5.27. The molecule has 0 unspecified atom stereocenters. The highest BCUT2D eigenvalue weighted by Gasteiger charge is 2.21. The van der Waals surface area contributed by atoms with Crippen molar-refractivity contribution in [3.63, 3.8) is 0 Å². The van der Waals surface area contributed by atoms with Crippen LogP contribution in [0.4, 0.5) is 0 Å². The van der Waals surface area contributed by atoms with Gasteiger partial charge < -0.3 is 14.4 Å². The predicted octanol–water partition coefficient (Wildman–Crippen LogP) is 1.93. The zero-order valence-corrected chi connectivity index (χ0v) is 17.6. The van der Waals surface area contributed by atoms with Crippen LogP contribution < -0.4 is 15.4 Å². The van der Waals surface area contributed by atoms with Crippen LogP contribution in [0, 0.1) is 6.92 Å². The number of benzene rings is 2. The maximum absolute atomic E-state index is 13.2. The number of hydrogen-bond acceptors (Lipinski definition) is 4. The highest BCUT2D eigenvalue weighted by molar-refractivity contribution is 9.10. The molecule has 1 aliphatic heterocycles. The van der Waals surface area contributed by atoms with Gasteiger partial charge in [-0.2, -0.15) is 0 Å². The van der Waals surface area contributed by atoms with Crippen molar-refractivity contribution in [1.29, 1.82) is 0 Å². The van der Waals surface area contributed by atoms with Gasteiger partial charge >= 0.3 is 0 Å². The van der Waals surface area contributed by atoms with E-state index in [-0.39, 0.29) is 11.2 Å². The molecule has 6 heteroatoms. The third-order valence-corrected chi connectivity index (χ3v) is 6.08. The number of piperazine rings is 1. The van der Waals surface area contributed by atoms with Crippen molar-refractivity contribution in [1.82, 2.24) is 4.90 Å². The molecule has 3 aromatic rings. The molecule has 1 aliphatic rings. The van der Waals surface area contributed by atoms with Gasteiger partial charge in [0.2, 0.25) is 5.43 Å². The third kappa shape index (κ3) is 3.60. The average molecular weight is 443 g/mol. The minimum Gasteiger partial charge on any atom is -0.872 e. The van der Waals surface area contributed by atoms with Crippen LogP contribution in [0.5, 0.6) is 5.75 Å². The number of halogens is 1. The van der Waals surface area contributed by atoms with E-state index in [0.29, 0.717) is 34.4 Å². The maximum atomic E-state index is 13.2. The fourth-order valence-corrected chi connectivity index (χ4v) is 4.15. The smallest absolute Gasteiger partial charge is 0.200 e. The molecule has 1 aromatic heterocycles. The zero-order chi connectivity index (χ0) is 19.8. The van der Waals surface area contributed by atoms with E-state index in [9.17, 15) is 9.90 Å². The topological polar surface area (TPSA) is 60.9 Å². The third-order valence-electron chi connectivity index (χ3n) is 5.55. The van der Waals surface area contributed by atoms with Crippen LogP contribution in [0.3, 0.4) is 0 Å². The number of aryl methyl sites for hydroxylation is 1. The Labute approximate surface area is 172 Å². The number of nitrogens with zero attached hydrogens (tertiary/aromatic N) is 1. The van der Waals surface area contributed by atoms with Gasteiger partial charge in [0, 0.05) is 23.1 Å². The van der Waals surface area contributed by atoms with Gasteiger partial charge in [-0.1, -0.05) is 39.9 Å². The van der Waals surface area contributed by atoms with E-state index in [0.717, 1.165) is 36.2 Å². The Morgan fingerprint density at radius 3 is 2.50 bits per heavy atom. The van der Waals surface area contributed by atoms with E-state index >= 15 is 0 Å². The molecule has 0 spiro atoms. The molecule has 0 bridgehead atoms. The molecule has 5 nitrogen and oxygen atoms in total. The lowest BCUT2D eigenvalue weighted by Crippen LogP contribution is -3.13. The number of quaternary nitrogens is 1. The first-order valence-electron chi connectivity index (χ1n) is 9.48. The normalized spacial score (nSPS) is 16.0. The maximum Gasteiger partial charge on any atom is 0.200 e. The second-order valence-corrected chi connectivity index (χ2v) is 8.43. The second kappa shape index (κ2) is 7.70. The monoisotopic (exact) mass is 442 g/mol. The molecule has 0 saturated carbocycles. The summed E-state index contributed by atoms with van der Waals surface area (Å²) in [6.07, 6.45) is 0. The van der Waals surface area contributed by atoms with Crippen molar-refractivity contribution in [3.8, 4) is 16.9 Å². The summed E-state index contributed by atoms with van der Waals surface area (Å²) >= 11 is 3.42. The lowest BCUT2D eigenvalue weighted by atomic mass is 10.0. The molecule has 2 heterocycles. The second-order valence-electron chi connectivity index (χ2n) is 7.52. The van der Waals surface area contributed by atoms with Crippen LogP contribution in [-0.2, 0) is 6.54 Å². The summed E-state index contributed by atoms with van der Waals surface area (Å²) in [5.41, 5.74) is 2.34. The molecule has 0 radical (unpaired) electrons. The van der Waals surface area contributed by atoms with Gasteiger partial charge in [-0.05, 0) is 37.7 Å². The summed E-state index contributed by atoms with van der Waals surface area (Å²) in [6, 6.07) is 10.7. The average Bonchev–Trinajstić information content (AvgIpc) is 2.67. The van der Waals surface area contributed by atoms with E-state index in [1.165, 1.54) is 11.0 Å². The lowest BCUT2D eigenvalue weighted by molar-refractivity contribution is -0.918. The number of hydrogen-bond donors (Lipinski definition) is 1. The summed E-state index contributed by atoms with van der Waals surface area (Å²) < 4.78 is 7.05. The fraction of sp³-hybridized carbons (Fsp3) is 0.318. The summed E-state index contributed by atoms with van der Waals surface area (Å²) in [5.74, 6) is 0.484. The Morgan fingerprint density at radius 2 is 1.82 bits per heavy atom. The minimum atomic E-state index is -0.0873. The highest BCUT2D eigenvalue weighted by atomic mass is 79.9. The molecule has 0 atom stereocenters. The molecule has 1 N–H and O–H groups in total. The quantitative estimate of drug-likeness (QED) is 0.673. The Hall–Kier alpha value is -2.15. The number of fused-ring (bicyclic) bond motifs is 1. The summed E-state index contributed by atoms with van der Waals surface area (Å²) in [6.45, 7) is 6.35. The van der Waals surface area contributed by atoms with Gasteiger partial charge in [0.25, 0.3) is 0 Å². The van der Waals surface area contributed by atoms with Gasteiger partial charge in [0.05, 0.1) is 24.0 Å². The van der Waals surface area contributed by atoms with Gasteiger partial charge in [-0.3, -0.25) is 9.69 Å². The standard InChI is InChI=1S/C22H23BrN2O3/c1-14-20(15-3-5-16(23)6-4-15)21(27)17-7-8-19(26)18(22(17)28-14)13-25-11-9-24(2)10-12-25/h3-8,26H,9-13H2,1-2H3. The van der Waals surface area contributed by atoms with Crippen molar-refractivity contribution in [3.05, 3.63) is 62.4 Å². The molecule has 1 fully saturated rings. The largest absolute Gasteiger partial charge is 0.872 e. The SMILES string of the molecule is Cc1oc2c(C[NH+]3CCN(C)CC3)c([O-])ccc2c(=O)c1-c1ccc(Br)cc1. The Bertz CT molecular complexity index is 1070. The molecular formula is C22H23BrN2O3. The molecule has 146 valence electrons. The van der Waals surface area contributed by atoms with Crippen LogP contribution in [0.15, 0.2) is 50.1 Å². The van der Waals surface area contributed by atoms with E-state index < -0.39 is 0 Å². The highest BCUT2D eigenvalue weighted by Crippen LogP contribution is 2.29. The van der Waals surface area contributed by atoms with Crippen molar-refractivity contribution >= 4 is 26.9 Å². The Morgan fingerprint density at radius 1 is 1.14 bits per heavy atom. The van der Waals surface area contributed by atoms with Crippen molar-refractivity contribution in [2.24, 2.45) is 0 Å². The first kappa shape index (κ1) is 19.2. The molecule has 0 amide bonds. The molecular weight excluding hydrogens is 420 g/mol. The van der Waals surface area contributed by atoms with Crippen LogP contribution >= 0.6 is 15.9 Å². The minimum absolute atomic E-state index is 0.0575. The first-order chi connectivity index (χ1) is 13.4. The number of rotatable bonds is 3. The van der Waals surface area contributed by atoms with E-state index in [1.54, 1.807) is 13.0 Å². The van der Waals surface area contributed by atoms with Crippen molar-refractivity contribution in [2.75, 3.05) is 33.2 Å². The zero-order valence-electron chi connectivity index (χ0n) is 16.0. The molecule has 1 saturated heterocycles. The fourth-order valence-electron chi connectivity index (χ4n) is 3.88. The van der Waals surface area contributed by atoms with Gasteiger partial charge in [0.15, 0.2) is 0 Å². The van der Waals surface area contributed by atoms with E-state index in [2.05, 4.69) is 27.9 Å². The van der Waals surface area contributed by atoms with E-state index in [4.69, 9.17) is 4.42 Å². The van der Waals surface area contributed by atoms with Crippen LogP contribution in [0.25, 0.3) is 22.1 Å². The van der Waals surface area contributed by atoms with Gasteiger partial charge in [-0.15, -0.1) is 0 Å². The van der Waals surface area contributed by atoms with Crippen LogP contribution in [0.2, 0.25) is 0 Å². The summed E-state index contributed by atoms with van der Waals surface area (Å²) in [7, 11) is 2.11. The van der Waals surface area contributed by atoms with Crippen LogP contribution in [-0.4, -0.2) is 38.1 Å². The van der Waals surface area contributed by atoms with Crippen molar-refractivity contribution in [2.45, 2.75) is 13.5 Å². The molecule has 2 aromatic carbocycles. The first-order valence-corrected chi connectivity index (χ1v) is 10.3. The molecule has 0 aliphatic carbocycles. The predicted molar refractivity (Wildman–Crippen MR) is 112 cm³/mol. The molecule has 4 rings (SSSR count). The number of nitrogens with one attached hydrogen (secondary N) is 1. The van der Waals surface area contributed by atoms with E-state index in [1.807, 2.05) is 24.3 Å². The lowest BCUT2D eigenvalue weighted by Gasteiger charge is -2.30. The van der Waals surface area contributed by atoms with Gasteiger partial charge in [0.1, 0.15) is 17.9 Å². The van der Waals surface area contributed by atoms with Crippen molar-refractivity contribution < 1.29 is 14.4 Å². The molecule has 28 heavy (non-hydrogen) atoms. The summed E-state index contributed by atoms with van der Waals surface area (Å²) in [5, 5.41) is 13.1. The summed E-state index contributed by atoms with van der Waals surface area (Å²) in [4.78, 5) is 16.9. The van der Waals surface area contributed by atoms with Crippen LogP contribution in [0.1, 0.15) is 11.3 Å².